The molecule has 0 aromatic carbocycles. The number of aromatic nitrogens is 2. The first-order valence-corrected chi connectivity index (χ1v) is 6.42. The fraction of sp³-hybridized carbons (Fsp3) is 0.769. The predicted molar refractivity (Wildman–Crippen MR) is 71.5 cm³/mol. The molecule has 1 heterocycles. The summed E-state index contributed by atoms with van der Waals surface area (Å²) in [5.74, 6) is 5.69. The summed E-state index contributed by atoms with van der Waals surface area (Å²) in [6.07, 6.45) is 2.99. The van der Waals surface area contributed by atoms with E-state index in [-0.39, 0.29) is 11.5 Å². The molecule has 3 N–H and O–H groups in total. The minimum atomic E-state index is 0.186. The Morgan fingerprint density at radius 2 is 2.12 bits per heavy atom. The van der Waals surface area contributed by atoms with Crippen LogP contribution in [0.2, 0.25) is 0 Å². The van der Waals surface area contributed by atoms with Crippen LogP contribution in [0.5, 0.6) is 0 Å². The van der Waals surface area contributed by atoms with Crippen LogP contribution in [-0.2, 0) is 19.9 Å². The van der Waals surface area contributed by atoms with Gasteiger partial charge in [-0.1, -0.05) is 27.7 Å². The normalized spacial score (nSPS) is 14.0. The first-order valence-electron chi connectivity index (χ1n) is 6.42. The van der Waals surface area contributed by atoms with Crippen molar-refractivity contribution in [1.29, 1.82) is 0 Å². The van der Waals surface area contributed by atoms with Gasteiger partial charge < -0.3 is 0 Å². The van der Waals surface area contributed by atoms with Crippen molar-refractivity contribution in [2.24, 2.45) is 18.3 Å². The van der Waals surface area contributed by atoms with Crippen LogP contribution < -0.4 is 11.3 Å². The highest BCUT2D eigenvalue weighted by Crippen LogP contribution is 2.26. The van der Waals surface area contributed by atoms with Crippen LogP contribution in [-0.4, -0.2) is 15.8 Å². The monoisotopic (exact) mass is 238 g/mol. The number of nitrogens with two attached hydrogens (primary N) is 1. The molecule has 4 nitrogen and oxygen atoms in total. The lowest BCUT2D eigenvalue weighted by Gasteiger charge is -2.32. The Bertz CT molecular complexity index is 354. The van der Waals surface area contributed by atoms with Gasteiger partial charge in [-0.2, -0.15) is 5.10 Å². The van der Waals surface area contributed by atoms with Gasteiger partial charge in [-0.05, 0) is 24.3 Å². The molecular formula is C13H26N4. The summed E-state index contributed by atoms with van der Waals surface area (Å²) >= 11 is 0. The molecule has 17 heavy (non-hydrogen) atoms. The molecule has 0 bridgehead atoms. The third kappa shape index (κ3) is 3.30. The van der Waals surface area contributed by atoms with Crippen molar-refractivity contribution in [3.8, 4) is 0 Å². The maximum Gasteiger partial charge on any atom is 0.0624 e. The molecule has 0 saturated carbocycles. The highest BCUT2D eigenvalue weighted by Gasteiger charge is 2.27. The first kappa shape index (κ1) is 14.2. The van der Waals surface area contributed by atoms with Crippen molar-refractivity contribution in [3.05, 3.63) is 17.5 Å². The van der Waals surface area contributed by atoms with Crippen LogP contribution in [0.3, 0.4) is 0 Å². The standard InChI is InChI=1S/C13H26N4/c1-6-10-8-11(17(5)16-10)9-12(15-14)13(3,4)7-2/h8,12,15H,6-7,9,14H2,1-5H3. The summed E-state index contributed by atoms with van der Waals surface area (Å²) in [6.45, 7) is 8.81. The van der Waals surface area contributed by atoms with Crippen LogP contribution in [0, 0.1) is 5.41 Å². The molecule has 0 aliphatic heterocycles. The third-order valence-electron chi connectivity index (χ3n) is 3.86. The molecule has 1 rings (SSSR count). The Balaban J connectivity index is 2.84. The molecule has 0 saturated heterocycles. The summed E-state index contributed by atoms with van der Waals surface area (Å²) in [6, 6.07) is 2.45. The third-order valence-corrected chi connectivity index (χ3v) is 3.86. The maximum atomic E-state index is 5.69. The van der Waals surface area contributed by atoms with Crippen LogP contribution in [0.15, 0.2) is 6.07 Å². The molecule has 0 aliphatic rings. The average molecular weight is 238 g/mol. The largest absolute Gasteiger partial charge is 0.272 e. The Morgan fingerprint density at radius 1 is 1.47 bits per heavy atom. The molecule has 1 aromatic heterocycles. The highest BCUT2D eigenvalue weighted by molar-refractivity contribution is 5.12. The summed E-state index contributed by atoms with van der Waals surface area (Å²) in [5, 5.41) is 4.47. The topological polar surface area (TPSA) is 55.9 Å². The smallest absolute Gasteiger partial charge is 0.0624 e. The lowest BCUT2D eigenvalue weighted by Crippen LogP contribution is -2.47. The van der Waals surface area contributed by atoms with E-state index in [1.807, 2.05) is 11.7 Å². The molecule has 1 atom stereocenters. The van der Waals surface area contributed by atoms with Gasteiger partial charge >= 0.3 is 0 Å². The Hall–Kier alpha value is -0.870. The van der Waals surface area contributed by atoms with Gasteiger partial charge in [0.25, 0.3) is 0 Å². The van der Waals surface area contributed by atoms with Gasteiger partial charge in [-0.25, -0.2) is 0 Å². The van der Waals surface area contributed by atoms with Crippen LogP contribution in [0.1, 0.15) is 45.5 Å². The maximum absolute atomic E-state index is 5.69. The first-order chi connectivity index (χ1) is 7.94. The molecule has 0 amide bonds. The molecule has 4 heteroatoms. The fourth-order valence-corrected chi connectivity index (χ4v) is 1.95. The summed E-state index contributed by atoms with van der Waals surface area (Å²) in [5.41, 5.74) is 5.53. The van der Waals surface area contributed by atoms with Crippen molar-refractivity contribution in [2.45, 2.75) is 53.0 Å². The molecular weight excluding hydrogens is 212 g/mol. The van der Waals surface area contributed by atoms with E-state index in [1.165, 1.54) is 5.69 Å². The Labute approximate surface area is 105 Å². The number of hydrogen-bond acceptors (Lipinski definition) is 3. The van der Waals surface area contributed by atoms with Crippen molar-refractivity contribution in [2.75, 3.05) is 0 Å². The van der Waals surface area contributed by atoms with Gasteiger partial charge in [-0.3, -0.25) is 16.0 Å². The van der Waals surface area contributed by atoms with E-state index < -0.39 is 0 Å². The van der Waals surface area contributed by atoms with Gasteiger partial charge in [0.15, 0.2) is 0 Å². The zero-order valence-electron chi connectivity index (χ0n) is 11.7. The van der Waals surface area contributed by atoms with E-state index in [9.17, 15) is 0 Å². The Kier molecular flexibility index (Phi) is 4.71. The molecule has 98 valence electrons. The molecule has 1 aromatic rings. The van der Waals surface area contributed by atoms with Crippen molar-refractivity contribution in [1.82, 2.24) is 15.2 Å². The zero-order chi connectivity index (χ0) is 13.1. The van der Waals surface area contributed by atoms with Crippen molar-refractivity contribution >= 4 is 0 Å². The summed E-state index contributed by atoms with van der Waals surface area (Å²) < 4.78 is 1.97. The second kappa shape index (κ2) is 5.65. The van der Waals surface area contributed by atoms with E-state index in [0.717, 1.165) is 25.0 Å². The van der Waals surface area contributed by atoms with Crippen molar-refractivity contribution in [3.63, 3.8) is 0 Å². The number of aryl methyl sites for hydroxylation is 2. The summed E-state index contributed by atoms with van der Waals surface area (Å²) in [4.78, 5) is 0. The van der Waals surface area contributed by atoms with E-state index in [1.54, 1.807) is 0 Å². The lowest BCUT2D eigenvalue weighted by atomic mass is 9.80. The van der Waals surface area contributed by atoms with Crippen LogP contribution >= 0.6 is 0 Å². The minimum absolute atomic E-state index is 0.186. The molecule has 0 fully saturated rings. The number of hydrazine groups is 1. The Morgan fingerprint density at radius 3 is 2.53 bits per heavy atom. The number of nitrogens with zero attached hydrogens (tertiary/aromatic N) is 2. The predicted octanol–water partition coefficient (Wildman–Crippen LogP) is 1.79. The second-order valence-electron chi connectivity index (χ2n) is 5.37. The van der Waals surface area contributed by atoms with E-state index in [4.69, 9.17) is 5.84 Å². The molecule has 0 aliphatic carbocycles. The van der Waals surface area contributed by atoms with E-state index in [2.05, 4.69) is 44.3 Å². The SMILES string of the molecule is CCc1cc(CC(NN)C(C)(C)CC)n(C)n1. The zero-order valence-corrected chi connectivity index (χ0v) is 11.7. The quantitative estimate of drug-likeness (QED) is 0.587. The number of nitrogens with one attached hydrogen (secondary N) is 1. The van der Waals surface area contributed by atoms with Gasteiger partial charge in [0.1, 0.15) is 0 Å². The second-order valence-corrected chi connectivity index (χ2v) is 5.37. The van der Waals surface area contributed by atoms with Gasteiger partial charge in [0, 0.05) is 25.2 Å². The fourth-order valence-electron chi connectivity index (χ4n) is 1.95. The van der Waals surface area contributed by atoms with Crippen molar-refractivity contribution < 1.29 is 0 Å². The highest BCUT2D eigenvalue weighted by atomic mass is 15.3. The molecule has 1 unspecified atom stereocenters. The molecule has 0 radical (unpaired) electrons. The number of hydrogen-bond donors (Lipinski definition) is 2. The minimum Gasteiger partial charge on any atom is -0.272 e. The van der Waals surface area contributed by atoms with Gasteiger partial charge in [-0.15, -0.1) is 0 Å². The average Bonchev–Trinajstić information content (AvgIpc) is 2.66. The van der Waals surface area contributed by atoms with Crippen LogP contribution in [0.4, 0.5) is 0 Å². The van der Waals surface area contributed by atoms with E-state index >= 15 is 0 Å². The van der Waals surface area contributed by atoms with Gasteiger partial charge in [0.2, 0.25) is 0 Å². The lowest BCUT2D eigenvalue weighted by molar-refractivity contribution is 0.229. The van der Waals surface area contributed by atoms with E-state index in [0.29, 0.717) is 0 Å². The van der Waals surface area contributed by atoms with Gasteiger partial charge in [0.05, 0.1) is 5.69 Å². The molecule has 0 spiro atoms. The number of rotatable bonds is 6. The van der Waals surface area contributed by atoms with Crippen LogP contribution in [0.25, 0.3) is 0 Å². The summed E-state index contributed by atoms with van der Waals surface area (Å²) in [7, 11) is 2.00.